The normalized spacial score (nSPS) is 25.1. The van der Waals surface area contributed by atoms with Crippen LogP contribution in [0.5, 0.6) is 0 Å². The van der Waals surface area contributed by atoms with Crippen LogP contribution in [0.15, 0.2) is 46.4 Å². The lowest BCUT2D eigenvalue weighted by atomic mass is 10.0. The van der Waals surface area contributed by atoms with Gasteiger partial charge in [-0.2, -0.15) is 0 Å². The van der Waals surface area contributed by atoms with Crippen molar-refractivity contribution in [3.05, 3.63) is 47.5 Å². The third-order valence-corrected chi connectivity index (χ3v) is 3.73. The van der Waals surface area contributed by atoms with E-state index in [1.807, 2.05) is 13.0 Å². The van der Waals surface area contributed by atoms with Gasteiger partial charge in [-0.25, -0.2) is 14.4 Å². The van der Waals surface area contributed by atoms with E-state index in [4.69, 9.17) is 4.74 Å². The molecule has 110 valence electrons. The minimum Gasteiger partial charge on any atom is -0.459 e. The molecule has 1 aliphatic carbocycles. The van der Waals surface area contributed by atoms with E-state index >= 15 is 0 Å². The lowest BCUT2D eigenvalue weighted by Crippen LogP contribution is -2.26. The molecule has 0 spiro atoms. The van der Waals surface area contributed by atoms with Crippen molar-refractivity contribution in [3.8, 4) is 0 Å². The van der Waals surface area contributed by atoms with Gasteiger partial charge in [-0.3, -0.25) is 0 Å². The monoisotopic (exact) mass is 286 g/mol. The fourth-order valence-electron chi connectivity index (χ4n) is 2.48. The van der Waals surface area contributed by atoms with Gasteiger partial charge in [0.1, 0.15) is 12.6 Å². The number of rotatable bonds is 4. The van der Waals surface area contributed by atoms with Crippen LogP contribution < -0.4 is 0 Å². The van der Waals surface area contributed by atoms with Gasteiger partial charge in [-0.1, -0.05) is 36.4 Å². The van der Waals surface area contributed by atoms with Crippen molar-refractivity contribution in [2.24, 2.45) is 9.98 Å². The van der Waals surface area contributed by atoms with E-state index < -0.39 is 12.2 Å². The maximum atomic E-state index is 13.6. The summed E-state index contributed by atoms with van der Waals surface area (Å²) in [5, 5.41) is 0. The Labute approximate surface area is 124 Å². The van der Waals surface area contributed by atoms with Crippen molar-refractivity contribution >= 4 is 12.2 Å². The highest BCUT2D eigenvalue weighted by atomic mass is 19.1. The summed E-state index contributed by atoms with van der Waals surface area (Å²) in [6.07, 6.45) is 6.11. The smallest absolute Gasteiger partial charge is 0.312 e. The Bertz CT molecular complexity index is 590. The van der Waals surface area contributed by atoms with Gasteiger partial charge in [0.25, 0.3) is 0 Å². The van der Waals surface area contributed by atoms with Crippen LogP contribution in [0.1, 0.15) is 36.8 Å². The third kappa shape index (κ3) is 3.38. The van der Waals surface area contributed by atoms with Crippen LogP contribution in [0.4, 0.5) is 4.39 Å². The topological polar surface area (TPSA) is 34.0 Å². The van der Waals surface area contributed by atoms with Gasteiger partial charge in [0.2, 0.25) is 0 Å². The largest absolute Gasteiger partial charge is 0.459 e. The zero-order valence-corrected chi connectivity index (χ0v) is 12.1. The number of allylic oxidation sites excluding steroid dienone is 1. The molecule has 3 nitrogen and oxygen atoms in total. The molecule has 1 aromatic carbocycles. The molecule has 1 aliphatic heterocycles. The number of aliphatic imine (C=N–C) groups is 2. The van der Waals surface area contributed by atoms with E-state index in [0.29, 0.717) is 12.5 Å². The molecule has 1 heterocycles. The molecule has 0 saturated heterocycles. The predicted molar refractivity (Wildman–Crippen MR) is 82.6 cm³/mol. The van der Waals surface area contributed by atoms with Crippen LogP contribution in [-0.4, -0.2) is 24.4 Å². The third-order valence-electron chi connectivity index (χ3n) is 3.73. The lowest BCUT2D eigenvalue weighted by Gasteiger charge is -2.16. The van der Waals surface area contributed by atoms with Crippen LogP contribution in [0.2, 0.25) is 0 Å². The second-order valence-electron chi connectivity index (χ2n) is 5.41. The zero-order valence-electron chi connectivity index (χ0n) is 12.1. The number of benzene rings is 1. The van der Waals surface area contributed by atoms with E-state index in [0.717, 1.165) is 0 Å². The van der Waals surface area contributed by atoms with Crippen molar-refractivity contribution < 1.29 is 9.13 Å². The molecule has 0 bridgehead atoms. The maximum Gasteiger partial charge on any atom is 0.312 e. The van der Waals surface area contributed by atoms with Crippen LogP contribution in [-0.2, 0) is 11.3 Å². The average molecular weight is 286 g/mol. The molecule has 0 radical (unpaired) electrons. The predicted octanol–water partition coefficient (Wildman–Crippen LogP) is 3.80. The molecular weight excluding hydrogens is 267 g/mol. The standard InChI is InChI=1S/C17H19FN2O/c1-2-5-16-15(18)10-19-17(20-16)21-11-13-6-3-4-7-14(13)12-8-9-12/h2-7,10,12,15-16H,8-9,11H2,1H3/b5-2+/t15?,16-/m0/s1. The summed E-state index contributed by atoms with van der Waals surface area (Å²) in [5.41, 5.74) is 2.52. The molecule has 0 amide bonds. The summed E-state index contributed by atoms with van der Waals surface area (Å²) >= 11 is 0. The Morgan fingerprint density at radius 2 is 2.14 bits per heavy atom. The molecule has 0 aromatic heterocycles. The number of alkyl halides is 1. The number of hydrogen-bond donors (Lipinski definition) is 0. The highest BCUT2D eigenvalue weighted by molar-refractivity contribution is 5.87. The first-order valence-corrected chi connectivity index (χ1v) is 7.37. The first kappa shape index (κ1) is 14.0. The molecule has 4 heteroatoms. The van der Waals surface area contributed by atoms with Gasteiger partial charge in [0.15, 0.2) is 6.17 Å². The van der Waals surface area contributed by atoms with Crippen LogP contribution in [0.3, 0.4) is 0 Å². The van der Waals surface area contributed by atoms with E-state index in [1.165, 1.54) is 30.2 Å². The van der Waals surface area contributed by atoms with Crippen LogP contribution in [0.25, 0.3) is 0 Å². The quantitative estimate of drug-likeness (QED) is 0.775. The molecule has 2 atom stereocenters. The fraction of sp³-hybridized carbons (Fsp3) is 0.412. The Kier molecular flexibility index (Phi) is 4.13. The molecule has 1 saturated carbocycles. The Morgan fingerprint density at radius 1 is 1.33 bits per heavy atom. The molecule has 2 aliphatic rings. The van der Waals surface area contributed by atoms with Crippen LogP contribution in [0, 0.1) is 0 Å². The van der Waals surface area contributed by atoms with Gasteiger partial charge in [-0.15, -0.1) is 0 Å². The second-order valence-corrected chi connectivity index (χ2v) is 5.41. The van der Waals surface area contributed by atoms with Gasteiger partial charge in [0.05, 0.1) is 0 Å². The number of halogens is 1. The zero-order chi connectivity index (χ0) is 14.7. The second kappa shape index (κ2) is 6.20. The van der Waals surface area contributed by atoms with Crippen molar-refractivity contribution in [1.82, 2.24) is 0 Å². The summed E-state index contributed by atoms with van der Waals surface area (Å²) in [6.45, 7) is 2.28. The number of hydrogen-bond acceptors (Lipinski definition) is 3. The SMILES string of the molecule is C/C=C/[C@@H]1N=C(OCc2ccccc2C2CC2)N=CC1F. The van der Waals surface area contributed by atoms with E-state index in [2.05, 4.69) is 28.2 Å². The molecule has 21 heavy (non-hydrogen) atoms. The van der Waals surface area contributed by atoms with Crippen LogP contribution >= 0.6 is 0 Å². The Hall–Kier alpha value is -1.97. The summed E-state index contributed by atoms with van der Waals surface area (Å²) < 4.78 is 19.3. The molecule has 1 aromatic rings. The lowest BCUT2D eigenvalue weighted by molar-refractivity contribution is 0.278. The van der Waals surface area contributed by atoms with Gasteiger partial charge >= 0.3 is 6.02 Å². The van der Waals surface area contributed by atoms with E-state index in [-0.39, 0.29) is 6.02 Å². The average Bonchev–Trinajstić information content (AvgIpc) is 3.33. The first-order valence-electron chi connectivity index (χ1n) is 7.37. The van der Waals surface area contributed by atoms with Crippen molar-refractivity contribution in [2.45, 2.75) is 44.5 Å². The molecule has 1 unspecified atom stereocenters. The minimum absolute atomic E-state index is 0.262. The summed E-state index contributed by atoms with van der Waals surface area (Å²) in [7, 11) is 0. The maximum absolute atomic E-state index is 13.6. The molecular formula is C17H19FN2O. The van der Waals surface area contributed by atoms with Gasteiger partial charge in [0, 0.05) is 6.21 Å². The van der Waals surface area contributed by atoms with Crippen molar-refractivity contribution in [1.29, 1.82) is 0 Å². The van der Waals surface area contributed by atoms with Gasteiger partial charge in [-0.05, 0) is 36.8 Å². The summed E-state index contributed by atoms with van der Waals surface area (Å²) in [5.74, 6) is 0.674. The molecule has 3 rings (SSSR count). The molecule has 1 fully saturated rings. The summed E-state index contributed by atoms with van der Waals surface area (Å²) in [4.78, 5) is 8.13. The number of nitrogens with zero attached hydrogens (tertiary/aromatic N) is 2. The Balaban J connectivity index is 1.68. The minimum atomic E-state index is -1.17. The fourth-order valence-corrected chi connectivity index (χ4v) is 2.48. The highest BCUT2D eigenvalue weighted by Gasteiger charge is 2.26. The van der Waals surface area contributed by atoms with E-state index in [9.17, 15) is 4.39 Å². The summed E-state index contributed by atoms with van der Waals surface area (Å²) in [6, 6.07) is 8.03. The molecule has 0 N–H and O–H groups in total. The first-order chi connectivity index (χ1) is 10.3. The number of ether oxygens (including phenoxy) is 1. The van der Waals surface area contributed by atoms with Crippen molar-refractivity contribution in [3.63, 3.8) is 0 Å². The highest BCUT2D eigenvalue weighted by Crippen LogP contribution is 2.41. The van der Waals surface area contributed by atoms with Gasteiger partial charge < -0.3 is 4.74 Å². The number of amidine groups is 1. The van der Waals surface area contributed by atoms with Crippen molar-refractivity contribution in [2.75, 3.05) is 0 Å². The Morgan fingerprint density at radius 3 is 2.90 bits per heavy atom. The van der Waals surface area contributed by atoms with E-state index in [1.54, 1.807) is 12.2 Å².